The summed E-state index contributed by atoms with van der Waals surface area (Å²) in [7, 11) is -0.572. The molecule has 30 heavy (non-hydrogen) atoms. The zero-order chi connectivity index (χ0) is 19.9. The molecule has 0 amide bonds. The van der Waals surface area contributed by atoms with Gasteiger partial charge in [0.25, 0.3) is 0 Å². The molecule has 3 heteroatoms. The molecule has 6 rings (SSSR count). The average molecular weight is 413 g/mol. The van der Waals surface area contributed by atoms with Gasteiger partial charge in [0.1, 0.15) is 0 Å². The smallest absolute Gasteiger partial charge is 0.0898 e. The van der Waals surface area contributed by atoms with Gasteiger partial charge in [-0.1, -0.05) is 84.9 Å². The van der Waals surface area contributed by atoms with Crippen molar-refractivity contribution in [1.29, 1.82) is 0 Å². The predicted molar refractivity (Wildman–Crippen MR) is 127 cm³/mol. The highest BCUT2D eigenvalue weighted by molar-refractivity contribution is 7.79. The van der Waals surface area contributed by atoms with Gasteiger partial charge in [-0.3, -0.25) is 9.80 Å². The van der Waals surface area contributed by atoms with Crippen LogP contribution in [0.15, 0.2) is 84.9 Å². The molecule has 2 nitrogen and oxygen atoms in total. The molecule has 0 aliphatic carbocycles. The fraction of sp³-hybridized carbons (Fsp3) is 0.333. The van der Waals surface area contributed by atoms with Gasteiger partial charge in [0.2, 0.25) is 0 Å². The Morgan fingerprint density at radius 1 is 0.600 bits per heavy atom. The van der Waals surface area contributed by atoms with E-state index < -0.39 is 7.92 Å². The number of nitrogens with zero attached hydrogens (tertiary/aromatic N) is 2. The normalized spacial score (nSPS) is 24.4. The molecule has 0 bridgehead atoms. The molecule has 0 aromatic heterocycles. The van der Waals surface area contributed by atoms with Crippen LogP contribution in [-0.2, 0) is 0 Å². The van der Waals surface area contributed by atoms with E-state index in [1.54, 1.807) is 5.56 Å². The van der Waals surface area contributed by atoms with Crippen LogP contribution in [0.1, 0.15) is 37.4 Å². The maximum absolute atomic E-state index is 2.84. The van der Waals surface area contributed by atoms with Crippen LogP contribution in [0.3, 0.4) is 0 Å². The van der Waals surface area contributed by atoms with Crippen molar-refractivity contribution in [1.82, 2.24) is 9.80 Å². The Bertz CT molecular complexity index is 946. The van der Waals surface area contributed by atoms with E-state index >= 15 is 0 Å². The second kappa shape index (κ2) is 7.93. The van der Waals surface area contributed by atoms with Crippen molar-refractivity contribution < 1.29 is 0 Å². The molecule has 2 atom stereocenters. The zero-order valence-electron chi connectivity index (χ0n) is 17.4. The standard InChI is InChI=1S/C27H29N2P/c1-3-11-21(12-4-1)30(22-13-5-2-6-14-22)26-18-8-7-15-23(26)27-28-19-9-16-24(28)25-17-10-20-29(25)27/h1-8,11-15,18,24-25,27H,9-10,16-17,19-20H2/t24-,25-/m1/s1. The highest BCUT2D eigenvalue weighted by Crippen LogP contribution is 2.48. The number of fused-ring (bicyclic) bond motifs is 3. The summed E-state index contributed by atoms with van der Waals surface area (Å²) in [5.41, 5.74) is 1.55. The maximum atomic E-state index is 2.84. The minimum Gasteiger partial charge on any atom is -0.280 e. The van der Waals surface area contributed by atoms with Crippen LogP contribution in [0.25, 0.3) is 0 Å². The Hall–Kier alpha value is -1.99. The minimum absolute atomic E-state index is 0.457. The summed E-state index contributed by atoms with van der Waals surface area (Å²) in [5, 5.41) is 4.42. The monoisotopic (exact) mass is 412 g/mol. The van der Waals surface area contributed by atoms with E-state index in [4.69, 9.17) is 0 Å². The third-order valence-electron chi connectivity index (χ3n) is 7.24. The van der Waals surface area contributed by atoms with Gasteiger partial charge in [0.15, 0.2) is 0 Å². The lowest BCUT2D eigenvalue weighted by Gasteiger charge is -2.33. The third-order valence-corrected chi connectivity index (χ3v) is 9.76. The minimum atomic E-state index is -0.572. The number of rotatable bonds is 4. The summed E-state index contributed by atoms with van der Waals surface area (Å²) in [4.78, 5) is 5.68. The quantitative estimate of drug-likeness (QED) is 0.587. The molecule has 3 aliphatic heterocycles. The first kappa shape index (κ1) is 18.8. The van der Waals surface area contributed by atoms with Gasteiger partial charge in [0, 0.05) is 25.2 Å². The third kappa shape index (κ3) is 3.05. The second-order valence-electron chi connectivity index (χ2n) is 8.83. The van der Waals surface area contributed by atoms with Gasteiger partial charge in [-0.15, -0.1) is 0 Å². The van der Waals surface area contributed by atoms with Crippen LogP contribution in [-0.4, -0.2) is 35.0 Å². The molecule has 152 valence electrons. The van der Waals surface area contributed by atoms with E-state index in [1.165, 1.54) is 54.7 Å². The van der Waals surface area contributed by atoms with Crippen molar-refractivity contribution in [3.8, 4) is 0 Å². The SMILES string of the molecule is c1ccc(P(c2ccccc2)c2ccccc2C2N3CCC[C@@H]3[C@H]3CCCN23)cc1. The molecular formula is C27H29N2P. The molecule has 3 aromatic carbocycles. The summed E-state index contributed by atoms with van der Waals surface area (Å²) >= 11 is 0. The zero-order valence-corrected chi connectivity index (χ0v) is 18.3. The molecule has 0 N–H and O–H groups in total. The highest BCUT2D eigenvalue weighted by atomic mass is 31.1. The van der Waals surface area contributed by atoms with Crippen molar-refractivity contribution in [3.63, 3.8) is 0 Å². The Morgan fingerprint density at radius 2 is 1.10 bits per heavy atom. The lowest BCUT2D eigenvalue weighted by molar-refractivity contribution is 0.146. The molecule has 0 saturated carbocycles. The van der Waals surface area contributed by atoms with Crippen molar-refractivity contribution in [3.05, 3.63) is 90.5 Å². The largest absolute Gasteiger partial charge is 0.280 e. The second-order valence-corrected chi connectivity index (χ2v) is 11.0. The molecule has 3 fully saturated rings. The molecule has 0 spiro atoms. The Balaban J connectivity index is 1.50. The van der Waals surface area contributed by atoms with E-state index in [0.717, 1.165) is 12.1 Å². The molecule has 0 unspecified atom stereocenters. The maximum Gasteiger partial charge on any atom is 0.0898 e. The van der Waals surface area contributed by atoms with Crippen LogP contribution < -0.4 is 15.9 Å². The topological polar surface area (TPSA) is 6.48 Å². The fourth-order valence-electron chi connectivity index (χ4n) is 6.10. The van der Waals surface area contributed by atoms with E-state index in [1.807, 2.05) is 0 Å². The first-order chi connectivity index (χ1) is 14.9. The van der Waals surface area contributed by atoms with Gasteiger partial charge >= 0.3 is 0 Å². The van der Waals surface area contributed by atoms with Crippen LogP contribution >= 0.6 is 7.92 Å². The first-order valence-corrected chi connectivity index (χ1v) is 12.8. The molecular weight excluding hydrogens is 383 g/mol. The molecule has 3 aromatic rings. The van der Waals surface area contributed by atoms with Crippen molar-refractivity contribution in [2.75, 3.05) is 13.1 Å². The highest BCUT2D eigenvalue weighted by Gasteiger charge is 2.51. The summed E-state index contributed by atoms with van der Waals surface area (Å²) in [6.07, 6.45) is 5.94. The lowest BCUT2D eigenvalue weighted by Crippen LogP contribution is -2.35. The van der Waals surface area contributed by atoms with Gasteiger partial charge < -0.3 is 0 Å². The van der Waals surface area contributed by atoms with Gasteiger partial charge in [-0.05, 0) is 55.1 Å². The number of benzene rings is 3. The summed E-state index contributed by atoms with van der Waals surface area (Å²) in [6.45, 7) is 2.51. The van der Waals surface area contributed by atoms with Gasteiger partial charge in [-0.2, -0.15) is 0 Å². The van der Waals surface area contributed by atoms with E-state index in [2.05, 4.69) is 94.7 Å². The predicted octanol–water partition coefficient (Wildman–Crippen LogP) is 4.39. The Morgan fingerprint density at radius 3 is 1.67 bits per heavy atom. The summed E-state index contributed by atoms with van der Waals surface area (Å²) < 4.78 is 0. The van der Waals surface area contributed by atoms with Crippen LogP contribution in [0.2, 0.25) is 0 Å². The average Bonchev–Trinajstić information content (AvgIpc) is 3.51. The van der Waals surface area contributed by atoms with Crippen molar-refractivity contribution in [2.24, 2.45) is 0 Å². The number of hydrogen-bond acceptors (Lipinski definition) is 2. The Labute approximate surface area is 181 Å². The molecule has 3 aliphatic rings. The molecule has 0 radical (unpaired) electrons. The van der Waals surface area contributed by atoms with E-state index in [9.17, 15) is 0 Å². The molecule has 3 heterocycles. The van der Waals surface area contributed by atoms with E-state index in [0.29, 0.717) is 6.17 Å². The van der Waals surface area contributed by atoms with Crippen molar-refractivity contribution in [2.45, 2.75) is 43.9 Å². The van der Waals surface area contributed by atoms with Crippen molar-refractivity contribution >= 4 is 23.8 Å². The summed E-state index contributed by atoms with van der Waals surface area (Å²) in [6, 6.07) is 33.2. The van der Waals surface area contributed by atoms with Crippen LogP contribution in [0.5, 0.6) is 0 Å². The van der Waals surface area contributed by atoms with Crippen LogP contribution in [0.4, 0.5) is 0 Å². The van der Waals surface area contributed by atoms with Gasteiger partial charge in [0.05, 0.1) is 6.17 Å². The number of hydrogen-bond donors (Lipinski definition) is 0. The first-order valence-electron chi connectivity index (χ1n) is 11.4. The van der Waals surface area contributed by atoms with Gasteiger partial charge in [-0.25, -0.2) is 0 Å². The lowest BCUT2D eigenvalue weighted by atomic mass is 10.1. The summed E-state index contributed by atoms with van der Waals surface area (Å²) in [5.74, 6) is 0. The van der Waals surface area contributed by atoms with E-state index in [-0.39, 0.29) is 0 Å². The Kier molecular flexibility index (Phi) is 4.96. The fourth-order valence-corrected chi connectivity index (χ4v) is 8.58. The molecule has 3 saturated heterocycles. The van der Waals surface area contributed by atoms with Crippen LogP contribution in [0, 0.1) is 0 Å².